The molecule has 0 spiro atoms. The fourth-order valence-corrected chi connectivity index (χ4v) is 5.85. The maximum atomic E-state index is 14.2. The van der Waals surface area contributed by atoms with Crippen molar-refractivity contribution in [1.82, 2.24) is 30.9 Å². The van der Waals surface area contributed by atoms with Crippen LogP contribution in [0.15, 0.2) is 54.9 Å². The van der Waals surface area contributed by atoms with Crippen LogP contribution in [0.25, 0.3) is 22.5 Å². The van der Waals surface area contributed by atoms with E-state index in [2.05, 4.69) is 36.2 Å². The molecule has 15 heteroatoms. The number of pyridine rings is 3. The molecular formula is C32H32Cl2F3N7O3. The van der Waals surface area contributed by atoms with E-state index in [1.54, 1.807) is 30.5 Å². The second-order valence-electron chi connectivity index (χ2n) is 10.7. The van der Waals surface area contributed by atoms with E-state index in [1.165, 1.54) is 25.4 Å². The van der Waals surface area contributed by atoms with Gasteiger partial charge in [0.2, 0.25) is 11.8 Å². The third kappa shape index (κ3) is 8.11. The van der Waals surface area contributed by atoms with Gasteiger partial charge < -0.3 is 31.1 Å². The van der Waals surface area contributed by atoms with E-state index in [0.717, 1.165) is 12.0 Å². The normalized spacial score (nSPS) is 14.7. The van der Waals surface area contributed by atoms with E-state index in [0.29, 0.717) is 47.9 Å². The number of aliphatic hydroxyl groups excluding tert-OH is 1. The highest BCUT2D eigenvalue weighted by molar-refractivity contribution is 6.39. The van der Waals surface area contributed by atoms with Crippen LogP contribution in [0.2, 0.25) is 10.0 Å². The minimum absolute atomic E-state index is 0.0415. The Hall–Kier alpha value is -4.01. The summed E-state index contributed by atoms with van der Waals surface area (Å²) in [6.45, 7) is 0.887. The maximum absolute atomic E-state index is 14.2. The molecule has 1 amide bonds. The molecule has 0 bridgehead atoms. The number of methoxy groups -OCH3 is 1. The highest BCUT2D eigenvalue weighted by Gasteiger charge is 2.37. The van der Waals surface area contributed by atoms with Crippen LogP contribution in [0, 0.1) is 0 Å². The Morgan fingerprint density at radius 3 is 2.51 bits per heavy atom. The first kappa shape index (κ1) is 34.3. The smallest absolute Gasteiger partial charge is 0.420 e. The lowest BCUT2D eigenvalue weighted by Crippen LogP contribution is -2.35. The lowest BCUT2D eigenvalue weighted by Gasteiger charge is -2.19. The van der Waals surface area contributed by atoms with Crippen molar-refractivity contribution in [3.8, 4) is 28.4 Å². The van der Waals surface area contributed by atoms with Crippen molar-refractivity contribution in [3.63, 3.8) is 0 Å². The number of aliphatic hydroxyl groups is 1. The number of hydrogen-bond acceptors (Lipinski definition) is 9. The fraction of sp³-hybridized carbons (Fsp3) is 0.312. The first-order valence-corrected chi connectivity index (χ1v) is 15.5. The van der Waals surface area contributed by atoms with Gasteiger partial charge in [0.1, 0.15) is 11.4 Å². The molecule has 0 radical (unpaired) electrons. The van der Waals surface area contributed by atoms with Gasteiger partial charge in [-0.25, -0.2) is 9.97 Å². The first-order chi connectivity index (χ1) is 22.6. The number of amides is 1. The highest BCUT2D eigenvalue weighted by atomic mass is 35.5. The third-order valence-corrected chi connectivity index (χ3v) is 8.31. The van der Waals surface area contributed by atoms with E-state index in [9.17, 15) is 18.0 Å². The second kappa shape index (κ2) is 15.3. The van der Waals surface area contributed by atoms with Crippen molar-refractivity contribution in [1.29, 1.82) is 0 Å². The first-order valence-electron chi connectivity index (χ1n) is 14.7. The van der Waals surface area contributed by atoms with Gasteiger partial charge in [-0.05, 0) is 36.2 Å². The quantitative estimate of drug-likeness (QED) is 0.112. The molecule has 248 valence electrons. The highest BCUT2D eigenvalue weighted by Crippen LogP contribution is 2.42. The molecule has 5 rings (SSSR count). The Bertz CT molecular complexity index is 1740. The summed E-state index contributed by atoms with van der Waals surface area (Å²) >= 11 is 13.6. The molecule has 1 aromatic carbocycles. The number of nitrogens with zero attached hydrogens (tertiary/aromatic N) is 3. The summed E-state index contributed by atoms with van der Waals surface area (Å²) in [5.74, 6) is 0.0251. The van der Waals surface area contributed by atoms with Gasteiger partial charge in [0.15, 0.2) is 0 Å². The summed E-state index contributed by atoms with van der Waals surface area (Å²) in [7, 11) is 1.52. The number of ether oxygens (including phenoxy) is 1. The van der Waals surface area contributed by atoms with Crippen LogP contribution in [0.1, 0.15) is 29.5 Å². The largest absolute Gasteiger partial charge is 0.481 e. The monoisotopic (exact) mass is 689 g/mol. The van der Waals surface area contributed by atoms with Crippen LogP contribution in [0.3, 0.4) is 0 Å². The molecule has 5 N–H and O–H groups in total. The van der Waals surface area contributed by atoms with Crippen molar-refractivity contribution < 1.29 is 27.8 Å². The summed E-state index contributed by atoms with van der Waals surface area (Å²) in [4.78, 5) is 24.5. The van der Waals surface area contributed by atoms with Gasteiger partial charge in [0.05, 0.1) is 40.8 Å². The molecule has 4 aromatic rings. The predicted molar refractivity (Wildman–Crippen MR) is 174 cm³/mol. The topological polar surface area (TPSA) is 133 Å². The van der Waals surface area contributed by atoms with Gasteiger partial charge in [0.25, 0.3) is 0 Å². The zero-order valence-electron chi connectivity index (χ0n) is 25.2. The van der Waals surface area contributed by atoms with Crippen LogP contribution in [0.4, 0.5) is 24.7 Å². The Balaban J connectivity index is 1.41. The number of alkyl halides is 3. The summed E-state index contributed by atoms with van der Waals surface area (Å²) in [6, 6.07) is 11.5. The van der Waals surface area contributed by atoms with Crippen LogP contribution in [-0.2, 0) is 24.1 Å². The van der Waals surface area contributed by atoms with E-state index in [-0.39, 0.29) is 52.9 Å². The number of hydrogen-bond donors (Lipinski definition) is 5. The molecule has 1 atom stereocenters. The van der Waals surface area contributed by atoms with Crippen molar-refractivity contribution >= 4 is 40.6 Å². The standard InChI is InChI=1S/C32H32Cl2F3N7O3/c1-47-31-19(16-39-17-20-6-8-25(46)42-20)5-7-23(44-31)21-10-12-40-29(28(21)34)22-3-2-4-24(27(22)33)43-30-26(32(35,36)37)18(9-11-41-30)15-38-13-14-45/h2-5,7,9-12,20,38-39,45H,6,8,13-17H2,1H3,(H,41,43)(H,42,46). The summed E-state index contributed by atoms with van der Waals surface area (Å²) in [5.41, 5.74) is 1.72. The maximum Gasteiger partial charge on any atom is 0.420 e. The van der Waals surface area contributed by atoms with Crippen LogP contribution >= 0.6 is 23.2 Å². The fourth-order valence-electron chi connectivity index (χ4n) is 5.27. The average Bonchev–Trinajstić information content (AvgIpc) is 3.46. The summed E-state index contributed by atoms with van der Waals surface area (Å²) in [6.07, 6.45) is -0.595. The van der Waals surface area contributed by atoms with Gasteiger partial charge in [-0.3, -0.25) is 9.78 Å². The molecule has 3 aromatic heterocycles. The average molecular weight is 691 g/mol. The summed E-state index contributed by atoms with van der Waals surface area (Å²) in [5, 5.41) is 21.1. The summed E-state index contributed by atoms with van der Waals surface area (Å²) < 4.78 is 48.1. The molecule has 47 heavy (non-hydrogen) atoms. The van der Waals surface area contributed by atoms with Gasteiger partial charge in [0, 0.05) is 67.7 Å². The van der Waals surface area contributed by atoms with Crippen LogP contribution < -0.4 is 26.0 Å². The lowest BCUT2D eigenvalue weighted by atomic mass is 10.0. The zero-order valence-corrected chi connectivity index (χ0v) is 26.7. The molecule has 10 nitrogen and oxygen atoms in total. The number of anilines is 2. The van der Waals surface area contributed by atoms with Crippen molar-refractivity contribution in [2.45, 2.75) is 38.1 Å². The molecular weight excluding hydrogens is 658 g/mol. The molecule has 1 unspecified atom stereocenters. The Morgan fingerprint density at radius 2 is 1.79 bits per heavy atom. The lowest BCUT2D eigenvalue weighted by molar-refractivity contribution is -0.137. The third-order valence-electron chi connectivity index (χ3n) is 7.52. The number of rotatable bonds is 13. The second-order valence-corrected chi connectivity index (χ2v) is 11.5. The van der Waals surface area contributed by atoms with E-state index < -0.39 is 17.6 Å². The van der Waals surface area contributed by atoms with Crippen LogP contribution in [-0.4, -0.2) is 58.8 Å². The van der Waals surface area contributed by atoms with Crippen molar-refractivity contribution in [2.75, 3.05) is 32.1 Å². The number of carbonyl (C=O) groups is 1. The van der Waals surface area contributed by atoms with E-state index >= 15 is 0 Å². The Morgan fingerprint density at radius 1 is 1.00 bits per heavy atom. The van der Waals surface area contributed by atoms with Crippen LogP contribution in [0.5, 0.6) is 5.88 Å². The van der Waals surface area contributed by atoms with Gasteiger partial charge >= 0.3 is 6.18 Å². The predicted octanol–water partition coefficient (Wildman–Crippen LogP) is 5.73. The molecule has 0 saturated carbocycles. The van der Waals surface area contributed by atoms with Crippen molar-refractivity contribution in [2.24, 2.45) is 0 Å². The van der Waals surface area contributed by atoms with Gasteiger partial charge in [-0.15, -0.1) is 0 Å². The van der Waals surface area contributed by atoms with Gasteiger partial charge in [-0.1, -0.05) is 41.4 Å². The minimum Gasteiger partial charge on any atom is -0.481 e. The number of nitrogens with one attached hydrogen (secondary N) is 4. The number of carbonyl (C=O) groups excluding carboxylic acids is 1. The Kier molecular flexibility index (Phi) is 11.1. The molecule has 0 aliphatic carbocycles. The van der Waals surface area contributed by atoms with Crippen molar-refractivity contribution in [3.05, 3.63) is 81.6 Å². The number of halogens is 5. The molecule has 1 fully saturated rings. The molecule has 4 heterocycles. The Labute approximate surface area is 279 Å². The van der Waals surface area contributed by atoms with E-state index in [4.69, 9.17) is 33.0 Å². The number of aromatic nitrogens is 3. The van der Waals surface area contributed by atoms with Gasteiger partial charge in [-0.2, -0.15) is 13.2 Å². The SMILES string of the molecule is COc1nc(-c2ccnc(-c3cccc(Nc4nccc(CNCCO)c4C(F)(F)F)c3Cl)c2Cl)ccc1CNCC1CCC(=O)N1. The number of benzene rings is 1. The molecule has 1 aliphatic rings. The minimum atomic E-state index is -4.72. The van der Waals surface area contributed by atoms with E-state index in [1.807, 2.05) is 6.07 Å². The zero-order chi connectivity index (χ0) is 33.6. The molecule has 1 aliphatic heterocycles. The molecule has 1 saturated heterocycles.